The Labute approximate surface area is 127 Å². The van der Waals surface area contributed by atoms with Gasteiger partial charge < -0.3 is 10.4 Å². The molecule has 3 rings (SSSR count). The molecule has 112 valence electrons. The van der Waals surface area contributed by atoms with Gasteiger partial charge in [-0.25, -0.2) is 0 Å². The first-order chi connectivity index (χ1) is 10.2. The molecule has 0 bridgehead atoms. The summed E-state index contributed by atoms with van der Waals surface area (Å²) in [6.07, 6.45) is 4.82. The molecule has 1 aliphatic carbocycles. The van der Waals surface area contributed by atoms with Crippen LogP contribution in [0.15, 0.2) is 42.5 Å². The van der Waals surface area contributed by atoms with Gasteiger partial charge in [-0.05, 0) is 42.2 Å². The first-order valence-electron chi connectivity index (χ1n) is 8.05. The minimum Gasteiger partial charge on any atom is -0.396 e. The SMILES string of the molecule is CC(NCC1(CO)CCCC1)c1ccc2ccccc2c1. The van der Waals surface area contributed by atoms with Crippen molar-refractivity contribution in [2.45, 2.75) is 38.6 Å². The van der Waals surface area contributed by atoms with E-state index in [4.69, 9.17) is 0 Å². The molecule has 1 aliphatic rings. The summed E-state index contributed by atoms with van der Waals surface area (Å²) in [6, 6.07) is 15.5. The van der Waals surface area contributed by atoms with Crippen LogP contribution in [-0.2, 0) is 0 Å². The van der Waals surface area contributed by atoms with Gasteiger partial charge in [-0.1, -0.05) is 49.2 Å². The van der Waals surface area contributed by atoms with Crippen molar-refractivity contribution in [3.05, 3.63) is 48.0 Å². The summed E-state index contributed by atoms with van der Waals surface area (Å²) < 4.78 is 0. The van der Waals surface area contributed by atoms with E-state index in [2.05, 4.69) is 54.7 Å². The van der Waals surface area contributed by atoms with Gasteiger partial charge in [0.25, 0.3) is 0 Å². The summed E-state index contributed by atoms with van der Waals surface area (Å²) in [7, 11) is 0. The van der Waals surface area contributed by atoms with Crippen molar-refractivity contribution < 1.29 is 5.11 Å². The van der Waals surface area contributed by atoms with Gasteiger partial charge in [0, 0.05) is 24.6 Å². The predicted molar refractivity (Wildman–Crippen MR) is 88.4 cm³/mol. The summed E-state index contributed by atoms with van der Waals surface area (Å²) >= 11 is 0. The maximum absolute atomic E-state index is 9.70. The van der Waals surface area contributed by atoms with Crippen LogP contribution in [0.4, 0.5) is 0 Å². The zero-order chi connectivity index (χ0) is 14.7. The van der Waals surface area contributed by atoms with Gasteiger partial charge in [-0.15, -0.1) is 0 Å². The average Bonchev–Trinajstić information content (AvgIpc) is 3.01. The monoisotopic (exact) mass is 283 g/mol. The van der Waals surface area contributed by atoms with Gasteiger partial charge >= 0.3 is 0 Å². The van der Waals surface area contributed by atoms with Crippen molar-refractivity contribution in [2.75, 3.05) is 13.2 Å². The molecule has 21 heavy (non-hydrogen) atoms. The maximum Gasteiger partial charge on any atom is 0.0499 e. The summed E-state index contributed by atoms with van der Waals surface area (Å²) in [5, 5.41) is 15.9. The molecule has 2 nitrogen and oxygen atoms in total. The fourth-order valence-electron chi connectivity index (χ4n) is 3.48. The fraction of sp³-hybridized carbons (Fsp3) is 0.474. The van der Waals surface area contributed by atoms with Crippen LogP contribution in [-0.4, -0.2) is 18.3 Å². The normalized spacial score (nSPS) is 19.0. The van der Waals surface area contributed by atoms with Crippen molar-refractivity contribution in [2.24, 2.45) is 5.41 Å². The molecule has 0 radical (unpaired) electrons. The van der Waals surface area contributed by atoms with Crippen LogP contribution < -0.4 is 5.32 Å². The quantitative estimate of drug-likeness (QED) is 0.868. The van der Waals surface area contributed by atoms with E-state index in [0.29, 0.717) is 12.6 Å². The Morgan fingerprint density at radius 1 is 1.10 bits per heavy atom. The number of hydrogen-bond acceptors (Lipinski definition) is 2. The first-order valence-corrected chi connectivity index (χ1v) is 8.05. The Hall–Kier alpha value is -1.38. The number of rotatable bonds is 5. The molecule has 2 aromatic carbocycles. The van der Waals surface area contributed by atoms with E-state index in [0.717, 1.165) is 19.4 Å². The van der Waals surface area contributed by atoms with E-state index in [1.165, 1.54) is 29.2 Å². The van der Waals surface area contributed by atoms with E-state index in [9.17, 15) is 5.11 Å². The molecule has 0 saturated heterocycles. The topological polar surface area (TPSA) is 32.3 Å². The molecule has 0 aliphatic heterocycles. The van der Waals surface area contributed by atoms with E-state index >= 15 is 0 Å². The van der Waals surface area contributed by atoms with Crippen molar-refractivity contribution in [3.63, 3.8) is 0 Å². The van der Waals surface area contributed by atoms with Crippen LogP contribution in [0.25, 0.3) is 10.8 Å². The maximum atomic E-state index is 9.70. The number of hydrogen-bond donors (Lipinski definition) is 2. The second-order valence-corrected chi connectivity index (χ2v) is 6.57. The lowest BCUT2D eigenvalue weighted by molar-refractivity contribution is 0.125. The van der Waals surface area contributed by atoms with E-state index in [1.54, 1.807) is 0 Å². The Morgan fingerprint density at radius 2 is 1.81 bits per heavy atom. The molecule has 0 amide bonds. The Morgan fingerprint density at radius 3 is 2.52 bits per heavy atom. The smallest absolute Gasteiger partial charge is 0.0499 e. The molecular weight excluding hydrogens is 258 g/mol. The zero-order valence-electron chi connectivity index (χ0n) is 12.8. The number of fused-ring (bicyclic) bond motifs is 1. The largest absolute Gasteiger partial charge is 0.396 e. The van der Waals surface area contributed by atoms with E-state index in [1.807, 2.05) is 0 Å². The Balaban J connectivity index is 1.70. The summed E-state index contributed by atoms with van der Waals surface area (Å²) in [5.41, 5.74) is 1.44. The highest BCUT2D eigenvalue weighted by molar-refractivity contribution is 5.83. The molecule has 1 atom stereocenters. The molecule has 0 spiro atoms. The Bertz CT molecular complexity index is 601. The van der Waals surface area contributed by atoms with Crippen LogP contribution in [0.3, 0.4) is 0 Å². The molecule has 0 aromatic heterocycles. The first kappa shape index (κ1) is 14.6. The van der Waals surface area contributed by atoms with Crippen LogP contribution >= 0.6 is 0 Å². The summed E-state index contributed by atoms with van der Waals surface area (Å²) in [4.78, 5) is 0. The predicted octanol–water partition coefficient (Wildman–Crippen LogP) is 4.04. The van der Waals surface area contributed by atoms with Gasteiger partial charge in [0.05, 0.1) is 0 Å². The third-order valence-electron chi connectivity index (χ3n) is 5.06. The van der Waals surface area contributed by atoms with Crippen molar-refractivity contribution in [3.8, 4) is 0 Å². The fourth-order valence-corrected chi connectivity index (χ4v) is 3.48. The van der Waals surface area contributed by atoms with Crippen LogP contribution in [0, 0.1) is 5.41 Å². The summed E-state index contributed by atoms with van der Waals surface area (Å²) in [5.74, 6) is 0. The van der Waals surface area contributed by atoms with Crippen molar-refractivity contribution in [1.29, 1.82) is 0 Å². The van der Waals surface area contributed by atoms with Crippen LogP contribution in [0.5, 0.6) is 0 Å². The van der Waals surface area contributed by atoms with E-state index < -0.39 is 0 Å². The van der Waals surface area contributed by atoms with Gasteiger partial charge in [-0.2, -0.15) is 0 Å². The van der Waals surface area contributed by atoms with Gasteiger partial charge in [0.2, 0.25) is 0 Å². The highest BCUT2D eigenvalue weighted by Gasteiger charge is 2.33. The number of aliphatic hydroxyl groups is 1. The molecule has 2 N–H and O–H groups in total. The number of aliphatic hydroxyl groups excluding tert-OH is 1. The lowest BCUT2D eigenvalue weighted by Gasteiger charge is -2.29. The second kappa shape index (κ2) is 6.17. The lowest BCUT2D eigenvalue weighted by atomic mass is 9.87. The second-order valence-electron chi connectivity index (χ2n) is 6.57. The summed E-state index contributed by atoms with van der Waals surface area (Å²) in [6.45, 7) is 3.44. The average molecular weight is 283 g/mol. The van der Waals surface area contributed by atoms with Gasteiger partial charge in [0.1, 0.15) is 0 Å². The Kier molecular flexibility index (Phi) is 4.27. The molecule has 1 unspecified atom stereocenters. The van der Waals surface area contributed by atoms with Crippen LogP contribution in [0.2, 0.25) is 0 Å². The highest BCUT2D eigenvalue weighted by atomic mass is 16.3. The molecule has 1 fully saturated rings. The molecule has 2 heteroatoms. The number of benzene rings is 2. The zero-order valence-corrected chi connectivity index (χ0v) is 12.8. The molecule has 2 aromatic rings. The third kappa shape index (κ3) is 3.12. The van der Waals surface area contributed by atoms with E-state index in [-0.39, 0.29) is 5.41 Å². The number of nitrogens with one attached hydrogen (secondary N) is 1. The minimum atomic E-state index is 0.116. The minimum absolute atomic E-state index is 0.116. The molecule has 0 heterocycles. The van der Waals surface area contributed by atoms with Crippen LogP contribution in [0.1, 0.15) is 44.2 Å². The van der Waals surface area contributed by atoms with Crippen molar-refractivity contribution in [1.82, 2.24) is 5.32 Å². The van der Waals surface area contributed by atoms with Gasteiger partial charge in [0.15, 0.2) is 0 Å². The molecular formula is C19H25NO. The third-order valence-corrected chi connectivity index (χ3v) is 5.06. The highest BCUT2D eigenvalue weighted by Crippen LogP contribution is 2.37. The van der Waals surface area contributed by atoms with Crippen molar-refractivity contribution >= 4 is 10.8 Å². The van der Waals surface area contributed by atoms with Gasteiger partial charge in [-0.3, -0.25) is 0 Å². The standard InChI is InChI=1S/C19H25NO/c1-15(20-13-19(14-21)10-4-5-11-19)17-9-8-16-6-2-3-7-18(16)12-17/h2-3,6-9,12,15,20-21H,4-5,10-11,13-14H2,1H3. The molecule has 1 saturated carbocycles. The lowest BCUT2D eigenvalue weighted by Crippen LogP contribution is -2.36.